The molecule has 3 aromatic rings. The van der Waals surface area contributed by atoms with E-state index in [0.29, 0.717) is 0 Å². The number of aryl methyl sites for hydroxylation is 1. The van der Waals surface area contributed by atoms with Gasteiger partial charge in [0, 0.05) is 0 Å². The summed E-state index contributed by atoms with van der Waals surface area (Å²) < 4.78 is 32.4. The second-order valence-electron chi connectivity index (χ2n) is 7.01. The van der Waals surface area contributed by atoms with Crippen molar-refractivity contribution in [3.05, 3.63) is 90.5 Å². The van der Waals surface area contributed by atoms with Crippen LogP contribution in [0.25, 0.3) is 0 Å². The standard InChI is InChI=1S/C21H23O3PS/c1-18-14-16-21(17-15-18)26(22,23)24-25(2,3,19-10-6-4-7-11-19)20-12-8-5-9-13-20/h4-17H,1-3H3. The molecule has 0 radical (unpaired) electrons. The third kappa shape index (κ3) is 3.45. The summed E-state index contributed by atoms with van der Waals surface area (Å²) in [5.74, 6) is 0. The Morgan fingerprint density at radius 2 is 1.12 bits per heavy atom. The number of hydrogen-bond acceptors (Lipinski definition) is 3. The molecule has 0 N–H and O–H groups in total. The zero-order chi connectivity index (χ0) is 18.9. The predicted octanol–water partition coefficient (Wildman–Crippen LogP) is 4.08. The number of benzene rings is 3. The third-order valence-electron chi connectivity index (χ3n) is 4.65. The molecule has 136 valence electrons. The van der Waals surface area contributed by atoms with Crippen molar-refractivity contribution in [1.29, 1.82) is 0 Å². The van der Waals surface area contributed by atoms with Gasteiger partial charge < -0.3 is 0 Å². The first-order valence-electron chi connectivity index (χ1n) is 8.37. The van der Waals surface area contributed by atoms with E-state index in [-0.39, 0.29) is 4.90 Å². The maximum atomic E-state index is 13.1. The van der Waals surface area contributed by atoms with Crippen molar-refractivity contribution in [2.75, 3.05) is 13.3 Å². The Labute approximate surface area is 155 Å². The van der Waals surface area contributed by atoms with Crippen LogP contribution in [0.15, 0.2) is 89.8 Å². The molecule has 0 saturated heterocycles. The molecule has 0 heterocycles. The fourth-order valence-electron chi connectivity index (χ4n) is 3.00. The van der Waals surface area contributed by atoms with Crippen molar-refractivity contribution in [2.45, 2.75) is 11.8 Å². The van der Waals surface area contributed by atoms with Crippen molar-refractivity contribution in [2.24, 2.45) is 0 Å². The average Bonchev–Trinajstić information content (AvgIpc) is 2.63. The van der Waals surface area contributed by atoms with Crippen molar-refractivity contribution in [3.63, 3.8) is 0 Å². The molecule has 0 aliphatic carbocycles. The third-order valence-corrected chi connectivity index (χ3v) is 11.7. The zero-order valence-electron chi connectivity index (χ0n) is 15.2. The quantitative estimate of drug-likeness (QED) is 0.621. The van der Waals surface area contributed by atoms with Gasteiger partial charge in [-0.3, -0.25) is 0 Å². The van der Waals surface area contributed by atoms with Gasteiger partial charge in [-0.1, -0.05) is 0 Å². The van der Waals surface area contributed by atoms with E-state index in [1.165, 1.54) is 0 Å². The van der Waals surface area contributed by atoms with Gasteiger partial charge in [0.2, 0.25) is 0 Å². The molecule has 0 aliphatic heterocycles. The van der Waals surface area contributed by atoms with Crippen molar-refractivity contribution in [1.82, 2.24) is 0 Å². The minimum absolute atomic E-state index is 0.174. The van der Waals surface area contributed by atoms with Crippen LogP contribution in [-0.4, -0.2) is 21.7 Å². The minimum atomic E-state index is -3.93. The maximum absolute atomic E-state index is 13.1. The van der Waals surface area contributed by atoms with Gasteiger partial charge in [-0.05, 0) is 0 Å². The molecule has 3 nitrogen and oxygen atoms in total. The van der Waals surface area contributed by atoms with Gasteiger partial charge in [-0.25, -0.2) is 0 Å². The summed E-state index contributed by atoms with van der Waals surface area (Å²) in [4.78, 5) is 0.174. The molecule has 5 heteroatoms. The van der Waals surface area contributed by atoms with Gasteiger partial charge in [0.15, 0.2) is 0 Å². The first-order chi connectivity index (χ1) is 12.2. The Morgan fingerprint density at radius 3 is 1.54 bits per heavy atom. The van der Waals surface area contributed by atoms with Crippen LogP contribution in [0.4, 0.5) is 0 Å². The van der Waals surface area contributed by atoms with Gasteiger partial charge in [0.1, 0.15) is 0 Å². The summed E-state index contributed by atoms with van der Waals surface area (Å²) in [5, 5.41) is 1.78. The fourth-order valence-corrected chi connectivity index (χ4v) is 9.23. The predicted molar refractivity (Wildman–Crippen MR) is 110 cm³/mol. The summed E-state index contributed by atoms with van der Waals surface area (Å²) in [7, 11) is -3.93. The van der Waals surface area contributed by atoms with Crippen molar-refractivity contribution in [3.8, 4) is 0 Å². The van der Waals surface area contributed by atoms with Crippen LogP contribution >= 0.6 is 6.83 Å². The fraction of sp³-hybridized carbons (Fsp3) is 0.143. The number of hydrogen-bond donors (Lipinski definition) is 0. The van der Waals surface area contributed by atoms with Crippen LogP contribution in [0, 0.1) is 6.92 Å². The van der Waals surface area contributed by atoms with Crippen LogP contribution in [0.3, 0.4) is 0 Å². The zero-order valence-corrected chi connectivity index (χ0v) is 16.9. The summed E-state index contributed by atoms with van der Waals surface area (Å²) in [6.45, 7) is 2.36. The van der Waals surface area contributed by atoms with E-state index in [2.05, 4.69) is 0 Å². The van der Waals surface area contributed by atoms with Crippen LogP contribution in [-0.2, 0) is 14.1 Å². The van der Waals surface area contributed by atoms with E-state index in [0.717, 1.165) is 16.2 Å². The number of rotatable bonds is 5. The van der Waals surface area contributed by atoms with E-state index in [1.54, 1.807) is 24.3 Å². The van der Waals surface area contributed by atoms with Gasteiger partial charge in [0.05, 0.1) is 0 Å². The molecule has 0 aromatic heterocycles. The van der Waals surface area contributed by atoms with E-state index in [4.69, 9.17) is 3.97 Å². The van der Waals surface area contributed by atoms with Gasteiger partial charge in [0.25, 0.3) is 0 Å². The molecule has 0 bridgehead atoms. The molecular formula is C21H23O3PS. The van der Waals surface area contributed by atoms with Crippen LogP contribution in [0.2, 0.25) is 0 Å². The van der Waals surface area contributed by atoms with Crippen LogP contribution in [0.5, 0.6) is 0 Å². The average molecular weight is 386 g/mol. The monoisotopic (exact) mass is 386 g/mol. The first kappa shape index (κ1) is 18.8. The Balaban J connectivity index is 2.18. The van der Waals surface area contributed by atoms with Gasteiger partial charge in [-0.2, -0.15) is 0 Å². The molecule has 0 unspecified atom stereocenters. The van der Waals surface area contributed by atoms with Crippen LogP contribution in [0.1, 0.15) is 5.56 Å². The van der Waals surface area contributed by atoms with Crippen LogP contribution < -0.4 is 10.6 Å². The normalized spacial score (nSPS) is 13.7. The Bertz CT molecular complexity index is 953. The second kappa shape index (κ2) is 6.62. The molecule has 3 rings (SSSR count). The van der Waals surface area contributed by atoms with E-state index in [9.17, 15) is 8.42 Å². The van der Waals surface area contributed by atoms with Crippen molar-refractivity contribution >= 4 is 27.6 Å². The molecule has 0 saturated carbocycles. The first-order valence-corrected chi connectivity index (χ1v) is 12.8. The molecule has 0 atom stereocenters. The molecule has 26 heavy (non-hydrogen) atoms. The Hall–Kier alpha value is -2.00. The summed E-state index contributed by atoms with van der Waals surface area (Å²) in [6, 6.07) is 26.0. The summed E-state index contributed by atoms with van der Waals surface area (Å²) >= 11 is 0. The SMILES string of the molecule is Cc1ccc(S(=O)(=O)OP(C)(C)(c2ccccc2)c2ccccc2)cc1. The Morgan fingerprint density at radius 1 is 0.692 bits per heavy atom. The molecule has 0 fully saturated rings. The molecule has 3 aromatic carbocycles. The topological polar surface area (TPSA) is 43.4 Å². The second-order valence-corrected chi connectivity index (χ2v) is 14.0. The van der Waals surface area contributed by atoms with E-state index < -0.39 is 16.9 Å². The molecule has 0 aliphatic rings. The molecule has 0 spiro atoms. The van der Waals surface area contributed by atoms with E-state index >= 15 is 0 Å². The Kier molecular flexibility index (Phi) is 4.78. The summed E-state index contributed by atoms with van der Waals surface area (Å²) in [6.07, 6.45) is 0. The molecular weight excluding hydrogens is 363 g/mol. The molecule has 0 amide bonds. The van der Waals surface area contributed by atoms with E-state index in [1.807, 2.05) is 80.9 Å². The van der Waals surface area contributed by atoms with Gasteiger partial charge in [-0.15, -0.1) is 0 Å². The summed E-state index contributed by atoms with van der Waals surface area (Å²) in [5.41, 5.74) is 1.00. The van der Waals surface area contributed by atoms with Gasteiger partial charge >= 0.3 is 156 Å². The van der Waals surface area contributed by atoms with Crippen molar-refractivity contribution < 1.29 is 12.4 Å².